The van der Waals surface area contributed by atoms with Gasteiger partial charge in [0.05, 0.1) is 16.7 Å². The number of sulfonamides is 1. The molecule has 0 saturated carbocycles. The Morgan fingerprint density at radius 1 is 0.841 bits per heavy atom. The molecule has 7 nitrogen and oxygen atoms in total. The maximum Gasteiger partial charge on any atom is 0.261 e. The minimum Gasteiger partial charge on any atom is -0.387 e. The Morgan fingerprint density at radius 2 is 1.61 bits per heavy atom. The summed E-state index contributed by atoms with van der Waals surface area (Å²) >= 11 is 1.55. The van der Waals surface area contributed by atoms with Gasteiger partial charge in [-0.2, -0.15) is 0 Å². The van der Waals surface area contributed by atoms with E-state index in [1.54, 1.807) is 66.2 Å². The number of aromatic nitrogens is 2. The second-order valence-corrected chi connectivity index (χ2v) is 13.1. The number of fused-ring (bicyclic) bond motifs is 1. The molecule has 44 heavy (non-hydrogen) atoms. The molecule has 0 bridgehead atoms. The van der Waals surface area contributed by atoms with Gasteiger partial charge >= 0.3 is 0 Å². The molecule has 2 heterocycles. The van der Waals surface area contributed by atoms with Gasteiger partial charge in [-0.25, -0.2) is 13.4 Å². The van der Waals surface area contributed by atoms with Gasteiger partial charge in [0.1, 0.15) is 5.01 Å². The number of hydrogen-bond acceptors (Lipinski definition) is 7. The van der Waals surface area contributed by atoms with Crippen molar-refractivity contribution in [1.82, 2.24) is 15.3 Å². The van der Waals surface area contributed by atoms with E-state index in [0.29, 0.717) is 18.8 Å². The highest BCUT2D eigenvalue weighted by atomic mass is 32.2. The van der Waals surface area contributed by atoms with E-state index in [1.807, 2.05) is 30.3 Å². The van der Waals surface area contributed by atoms with Gasteiger partial charge in [-0.15, -0.1) is 11.3 Å². The van der Waals surface area contributed by atoms with Crippen LogP contribution in [0.3, 0.4) is 0 Å². The first-order chi connectivity index (χ1) is 21.4. The molecular weight excluding hydrogens is 589 g/mol. The maximum absolute atomic E-state index is 13.1. The van der Waals surface area contributed by atoms with Gasteiger partial charge < -0.3 is 10.4 Å². The van der Waals surface area contributed by atoms with Gasteiger partial charge in [0.2, 0.25) is 0 Å². The summed E-state index contributed by atoms with van der Waals surface area (Å²) in [4.78, 5) is 9.03. The highest BCUT2D eigenvalue weighted by Gasteiger charge is 2.15. The van der Waals surface area contributed by atoms with Crippen molar-refractivity contribution in [2.45, 2.75) is 23.8 Å². The van der Waals surface area contributed by atoms with E-state index in [0.717, 1.165) is 40.2 Å². The molecule has 4 aromatic carbocycles. The molecule has 0 amide bonds. The molecule has 0 fully saturated rings. The third-order valence-corrected chi connectivity index (χ3v) is 9.70. The van der Waals surface area contributed by atoms with Gasteiger partial charge in [0.15, 0.2) is 0 Å². The standard InChI is InChI=1S/C35H32N4O3S2/c40-34(30-6-3-18-36-22-30)23-37-19-17-25-8-13-31(14-9-25)39-44(41,42)33-15-11-28(12-16-33)35-38-32(24-43-35)21-26-7-10-27-4-1-2-5-29(27)20-26/h1-16,18,20,22,24,34,37,39-40H,17,19,21,23H2/t34-/m0/s1. The van der Waals surface area contributed by atoms with Crippen LogP contribution >= 0.6 is 11.3 Å². The molecular formula is C35H32N4O3S2. The molecule has 3 N–H and O–H groups in total. The molecule has 0 aliphatic carbocycles. The van der Waals surface area contributed by atoms with Crippen LogP contribution in [0.2, 0.25) is 0 Å². The van der Waals surface area contributed by atoms with Gasteiger partial charge in [0.25, 0.3) is 10.0 Å². The van der Waals surface area contributed by atoms with Crippen LogP contribution < -0.4 is 10.0 Å². The van der Waals surface area contributed by atoms with E-state index in [1.165, 1.54) is 16.3 Å². The van der Waals surface area contributed by atoms with E-state index in [4.69, 9.17) is 4.98 Å². The first-order valence-electron chi connectivity index (χ1n) is 14.4. The van der Waals surface area contributed by atoms with Crippen molar-refractivity contribution in [3.05, 3.63) is 143 Å². The Morgan fingerprint density at radius 3 is 2.39 bits per heavy atom. The molecule has 9 heteroatoms. The number of aliphatic hydroxyl groups excluding tert-OH is 1. The second-order valence-electron chi connectivity index (χ2n) is 10.6. The monoisotopic (exact) mass is 620 g/mol. The minimum absolute atomic E-state index is 0.189. The zero-order valence-electron chi connectivity index (χ0n) is 23.9. The summed E-state index contributed by atoms with van der Waals surface area (Å²) in [7, 11) is -3.75. The number of aliphatic hydroxyl groups is 1. The van der Waals surface area contributed by atoms with Crippen LogP contribution in [0.15, 0.2) is 126 Å². The molecule has 0 unspecified atom stereocenters. The Balaban J connectivity index is 1.02. The molecule has 0 spiro atoms. The summed E-state index contributed by atoms with van der Waals surface area (Å²) in [6, 6.07) is 32.6. The average molecular weight is 621 g/mol. The summed E-state index contributed by atoms with van der Waals surface area (Å²) in [5.74, 6) is 0. The summed E-state index contributed by atoms with van der Waals surface area (Å²) in [6.07, 6.45) is 4.20. The van der Waals surface area contributed by atoms with Crippen LogP contribution in [0.25, 0.3) is 21.3 Å². The van der Waals surface area contributed by atoms with E-state index in [2.05, 4.69) is 50.7 Å². The zero-order chi connectivity index (χ0) is 30.4. The first-order valence-corrected chi connectivity index (χ1v) is 16.7. The minimum atomic E-state index is -3.75. The fourth-order valence-corrected chi connectivity index (χ4v) is 6.86. The van der Waals surface area contributed by atoms with Crippen molar-refractivity contribution in [2.75, 3.05) is 17.8 Å². The lowest BCUT2D eigenvalue weighted by Gasteiger charge is -2.12. The lowest BCUT2D eigenvalue weighted by Crippen LogP contribution is -2.23. The van der Waals surface area contributed by atoms with Crippen LogP contribution in [0.1, 0.15) is 28.5 Å². The Bertz CT molecular complexity index is 1940. The van der Waals surface area contributed by atoms with Crippen LogP contribution in [-0.4, -0.2) is 36.6 Å². The predicted molar refractivity (Wildman–Crippen MR) is 177 cm³/mol. The normalized spacial score (nSPS) is 12.3. The lowest BCUT2D eigenvalue weighted by molar-refractivity contribution is 0.174. The summed E-state index contributed by atoms with van der Waals surface area (Å²) in [6.45, 7) is 1.11. The predicted octanol–water partition coefficient (Wildman–Crippen LogP) is 6.62. The van der Waals surface area contributed by atoms with Crippen molar-refractivity contribution in [1.29, 1.82) is 0 Å². The maximum atomic E-state index is 13.1. The third kappa shape index (κ3) is 7.38. The van der Waals surface area contributed by atoms with Gasteiger partial charge in [-0.1, -0.05) is 72.8 Å². The average Bonchev–Trinajstić information content (AvgIpc) is 3.52. The number of anilines is 1. The molecule has 222 valence electrons. The molecule has 0 aliphatic heterocycles. The highest BCUT2D eigenvalue weighted by molar-refractivity contribution is 7.92. The van der Waals surface area contributed by atoms with E-state index >= 15 is 0 Å². The number of nitrogens with one attached hydrogen (secondary N) is 2. The molecule has 6 aromatic rings. The zero-order valence-corrected chi connectivity index (χ0v) is 25.6. The summed E-state index contributed by atoms with van der Waals surface area (Å²) in [5, 5.41) is 18.8. The molecule has 0 aliphatic rings. The van der Waals surface area contributed by atoms with Gasteiger partial charge in [-0.3, -0.25) is 9.71 Å². The number of hydrogen-bond donors (Lipinski definition) is 3. The number of thiazole rings is 1. The Labute approximate surface area is 261 Å². The fourth-order valence-electron chi connectivity index (χ4n) is 4.97. The number of benzene rings is 4. The van der Waals surface area contributed by atoms with Crippen molar-refractivity contribution in [3.8, 4) is 10.6 Å². The summed E-state index contributed by atoms with van der Waals surface area (Å²) in [5.41, 5.74) is 5.40. The van der Waals surface area contributed by atoms with Crippen molar-refractivity contribution in [3.63, 3.8) is 0 Å². The second kappa shape index (κ2) is 13.5. The quantitative estimate of drug-likeness (QED) is 0.133. The highest BCUT2D eigenvalue weighted by Crippen LogP contribution is 2.27. The molecule has 6 rings (SSSR count). The third-order valence-electron chi connectivity index (χ3n) is 7.37. The molecule has 0 saturated heterocycles. The smallest absolute Gasteiger partial charge is 0.261 e. The lowest BCUT2D eigenvalue weighted by atomic mass is 10.0. The van der Waals surface area contributed by atoms with Crippen LogP contribution in [-0.2, 0) is 22.9 Å². The molecule has 0 radical (unpaired) electrons. The van der Waals surface area contributed by atoms with Crippen LogP contribution in [0.4, 0.5) is 5.69 Å². The SMILES string of the molecule is O=S(=O)(Nc1ccc(CCNC[C@H](O)c2cccnc2)cc1)c1ccc(-c2nc(Cc3ccc4ccccc4c3)cs2)cc1. The molecule has 1 atom stereocenters. The summed E-state index contributed by atoms with van der Waals surface area (Å²) < 4.78 is 28.8. The number of pyridine rings is 1. The van der Waals surface area contributed by atoms with Gasteiger partial charge in [-0.05, 0) is 65.2 Å². The molecule has 2 aromatic heterocycles. The van der Waals surface area contributed by atoms with Crippen molar-refractivity contribution >= 4 is 37.8 Å². The number of rotatable bonds is 12. The van der Waals surface area contributed by atoms with E-state index in [9.17, 15) is 13.5 Å². The fraction of sp³-hybridized carbons (Fsp3) is 0.143. The van der Waals surface area contributed by atoms with Crippen molar-refractivity contribution < 1.29 is 13.5 Å². The Kier molecular flexibility index (Phi) is 9.09. The van der Waals surface area contributed by atoms with Crippen LogP contribution in [0.5, 0.6) is 0 Å². The first kappa shape index (κ1) is 29.7. The van der Waals surface area contributed by atoms with Gasteiger partial charge in [0, 0.05) is 47.6 Å². The largest absolute Gasteiger partial charge is 0.387 e. The number of nitrogens with zero attached hydrogens (tertiary/aromatic N) is 2. The van der Waals surface area contributed by atoms with E-state index in [-0.39, 0.29) is 4.90 Å². The topological polar surface area (TPSA) is 104 Å². The van der Waals surface area contributed by atoms with E-state index < -0.39 is 16.1 Å². The Hall–Kier alpha value is -4.41. The van der Waals surface area contributed by atoms with Crippen molar-refractivity contribution in [2.24, 2.45) is 0 Å². The van der Waals surface area contributed by atoms with Crippen LogP contribution in [0, 0.1) is 0 Å².